The zero-order chi connectivity index (χ0) is 18.1. The van der Waals surface area contributed by atoms with E-state index in [-0.39, 0.29) is 11.9 Å². The number of amides is 3. The minimum atomic E-state index is 0.00243. The third-order valence-corrected chi connectivity index (χ3v) is 4.53. The Morgan fingerprint density at radius 3 is 2.32 bits per heavy atom. The van der Waals surface area contributed by atoms with Crippen molar-refractivity contribution in [2.24, 2.45) is 5.92 Å². The molecule has 0 radical (unpaired) electrons. The lowest BCUT2D eigenvalue weighted by atomic mass is 10.1. The summed E-state index contributed by atoms with van der Waals surface area (Å²) < 4.78 is 0. The van der Waals surface area contributed by atoms with E-state index in [2.05, 4.69) is 36.6 Å². The van der Waals surface area contributed by atoms with Gasteiger partial charge in [-0.05, 0) is 36.3 Å². The van der Waals surface area contributed by atoms with Crippen LogP contribution in [0, 0.1) is 5.92 Å². The summed E-state index contributed by atoms with van der Waals surface area (Å²) in [5, 5.41) is 5.93. The average molecular weight is 345 g/mol. The second-order valence-corrected chi connectivity index (χ2v) is 7.20. The summed E-state index contributed by atoms with van der Waals surface area (Å²) in [6, 6.07) is 8.19. The van der Waals surface area contributed by atoms with E-state index in [1.807, 2.05) is 17.0 Å². The monoisotopic (exact) mass is 345 g/mol. The van der Waals surface area contributed by atoms with E-state index in [4.69, 9.17) is 0 Å². The van der Waals surface area contributed by atoms with E-state index in [1.165, 1.54) is 11.1 Å². The minimum absolute atomic E-state index is 0.00243. The van der Waals surface area contributed by atoms with Crippen LogP contribution in [0.1, 0.15) is 57.1 Å². The molecule has 1 aliphatic heterocycles. The van der Waals surface area contributed by atoms with E-state index in [9.17, 15) is 9.59 Å². The second kappa shape index (κ2) is 10.1. The van der Waals surface area contributed by atoms with Crippen molar-refractivity contribution in [2.45, 2.75) is 59.0 Å². The highest BCUT2D eigenvalue weighted by Gasteiger charge is 2.22. The zero-order valence-corrected chi connectivity index (χ0v) is 15.5. The molecule has 2 rings (SSSR count). The topological polar surface area (TPSA) is 61.4 Å². The number of benzene rings is 1. The minimum Gasteiger partial charge on any atom is -0.356 e. The predicted molar refractivity (Wildman–Crippen MR) is 100 cm³/mol. The van der Waals surface area contributed by atoms with Gasteiger partial charge < -0.3 is 15.5 Å². The zero-order valence-electron chi connectivity index (χ0n) is 15.5. The molecule has 25 heavy (non-hydrogen) atoms. The Morgan fingerprint density at radius 1 is 1.00 bits per heavy atom. The molecule has 1 heterocycles. The molecule has 0 spiro atoms. The number of nitrogens with zero attached hydrogens (tertiary/aromatic N) is 1. The summed E-state index contributed by atoms with van der Waals surface area (Å²) in [6.45, 7) is 7.13. The second-order valence-electron chi connectivity index (χ2n) is 7.20. The van der Waals surface area contributed by atoms with Crippen LogP contribution in [0.5, 0.6) is 0 Å². The van der Waals surface area contributed by atoms with Crippen molar-refractivity contribution in [3.8, 4) is 0 Å². The van der Waals surface area contributed by atoms with E-state index in [0.29, 0.717) is 32.0 Å². The number of hydrogen-bond acceptors (Lipinski definition) is 2. The highest BCUT2D eigenvalue weighted by Crippen LogP contribution is 2.21. The molecular formula is C20H31N3O2. The summed E-state index contributed by atoms with van der Waals surface area (Å²) in [5.74, 6) is 0.756. The van der Waals surface area contributed by atoms with Gasteiger partial charge in [-0.1, -0.05) is 44.5 Å². The molecule has 0 saturated carbocycles. The molecule has 0 unspecified atom stereocenters. The summed E-state index contributed by atoms with van der Waals surface area (Å²) >= 11 is 0. The summed E-state index contributed by atoms with van der Waals surface area (Å²) in [6.07, 6.45) is 4.34. The molecule has 3 amide bonds. The van der Waals surface area contributed by atoms with Crippen molar-refractivity contribution < 1.29 is 9.59 Å². The summed E-state index contributed by atoms with van der Waals surface area (Å²) in [4.78, 5) is 25.7. The van der Waals surface area contributed by atoms with Crippen LogP contribution in [0.15, 0.2) is 24.3 Å². The SMILES string of the molecule is CC(C)CCNC(=O)CCCCCNC(=O)N1Cc2ccccc2C1. The lowest BCUT2D eigenvalue weighted by Gasteiger charge is -2.16. The maximum Gasteiger partial charge on any atom is 0.318 e. The molecule has 0 aromatic heterocycles. The fraction of sp³-hybridized carbons (Fsp3) is 0.600. The maximum atomic E-state index is 12.2. The van der Waals surface area contributed by atoms with Crippen molar-refractivity contribution in [3.63, 3.8) is 0 Å². The molecule has 138 valence electrons. The number of urea groups is 1. The molecule has 5 nitrogen and oxygen atoms in total. The predicted octanol–water partition coefficient (Wildman–Crippen LogP) is 3.43. The Morgan fingerprint density at radius 2 is 1.68 bits per heavy atom. The molecule has 0 atom stereocenters. The van der Waals surface area contributed by atoms with E-state index >= 15 is 0 Å². The van der Waals surface area contributed by atoms with Crippen molar-refractivity contribution >= 4 is 11.9 Å². The van der Waals surface area contributed by atoms with E-state index in [0.717, 1.165) is 32.2 Å². The van der Waals surface area contributed by atoms with Gasteiger partial charge in [-0.3, -0.25) is 4.79 Å². The van der Waals surface area contributed by atoms with Gasteiger partial charge in [0, 0.05) is 32.6 Å². The van der Waals surface area contributed by atoms with Gasteiger partial charge in [0.05, 0.1) is 0 Å². The Kier molecular flexibility index (Phi) is 7.76. The van der Waals surface area contributed by atoms with Crippen molar-refractivity contribution in [3.05, 3.63) is 35.4 Å². The third-order valence-electron chi connectivity index (χ3n) is 4.53. The number of carbonyl (C=O) groups excluding carboxylic acids is 2. The lowest BCUT2D eigenvalue weighted by molar-refractivity contribution is -0.121. The smallest absolute Gasteiger partial charge is 0.318 e. The Bertz CT molecular complexity index is 547. The molecule has 0 bridgehead atoms. The van der Waals surface area contributed by atoms with Crippen LogP contribution in [0.25, 0.3) is 0 Å². The van der Waals surface area contributed by atoms with Crippen LogP contribution in [-0.2, 0) is 17.9 Å². The Hall–Kier alpha value is -2.04. The van der Waals surface area contributed by atoms with Crippen LogP contribution < -0.4 is 10.6 Å². The molecule has 0 fully saturated rings. The summed E-state index contributed by atoms with van der Waals surface area (Å²) in [7, 11) is 0. The Balaban J connectivity index is 1.49. The highest BCUT2D eigenvalue weighted by atomic mass is 16.2. The van der Waals surface area contributed by atoms with Gasteiger partial charge >= 0.3 is 6.03 Å². The molecule has 1 aliphatic rings. The van der Waals surface area contributed by atoms with Gasteiger partial charge in [-0.2, -0.15) is 0 Å². The van der Waals surface area contributed by atoms with Gasteiger partial charge in [-0.25, -0.2) is 4.79 Å². The molecule has 1 aromatic carbocycles. The van der Waals surface area contributed by atoms with E-state index in [1.54, 1.807) is 0 Å². The molecule has 0 saturated heterocycles. The third kappa shape index (κ3) is 6.77. The van der Waals surface area contributed by atoms with E-state index < -0.39 is 0 Å². The van der Waals surface area contributed by atoms with Crippen molar-refractivity contribution in [2.75, 3.05) is 13.1 Å². The first kappa shape index (κ1) is 19.3. The van der Waals surface area contributed by atoms with Gasteiger partial charge in [0.15, 0.2) is 0 Å². The normalized spacial score (nSPS) is 13.0. The molecule has 1 aromatic rings. The average Bonchev–Trinajstić information content (AvgIpc) is 3.01. The van der Waals surface area contributed by atoms with Crippen LogP contribution in [0.2, 0.25) is 0 Å². The number of rotatable bonds is 9. The number of nitrogens with one attached hydrogen (secondary N) is 2. The largest absolute Gasteiger partial charge is 0.356 e. The van der Waals surface area contributed by atoms with Crippen LogP contribution in [0.4, 0.5) is 4.79 Å². The van der Waals surface area contributed by atoms with Crippen LogP contribution in [-0.4, -0.2) is 29.9 Å². The first-order chi connectivity index (χ1) is 12.1. The number of carbonyl (C=O) groups is 2. The standard InChI is InChI=1S/C20H31N3O2/c1-16(2)11-13-21-19(24)10-4-3-7-12-22-20(25)23-14-17-8-5-6-9-18(17)15-23/h5-6,8-9,16H,3-4,7,10-15H2,1-2H3,(H,21,24)(H,22,25). The fourth-order valence-electron chi connectivity index (χ4n) is 2.96. The maximum absolute atomic E-state index is 12.2. The fourth-order valence-corrected chi connectivity index (χ4v) is 2.96. The summed E-state index contributed by atoms with van der Waals surface area (Å²) in [5.41, 5.74) is 2.47. The van der Waals surface area contributed by atoms with Gasteiger partial charge in [0.2, 0.25) is 5.91 Å². The number of unbranched alkanes of at least 4 members (excludes halogenated alkanes) is 2. The van der Waals surface area contributed by atoms with Crippen LogP contribution in [0.3, 0.4) is 0 Å². The van der Waals surface area contributed by atoms with Crippen LogP contribution >= 0.6 is 0 Å². The van der Waals surface area contributed by atoms with Gasteiger partial charge in [0.25, 0.3) is 0 Å². The number of hydrogen-bond donors (Lipinski definition) is 2. The Labute approximate surface area is 151 Å². The number of fused-ring (bicyclic) bond motifs is 1. The quantitative estimate of drug-likeness (QED) is 0.674. The lowest BCUT2D eigenvalue weighted by Crippen LogP contribution is -2.36. The first-order valence-corrected chi connectivity index (χ1v) is 9.42. The molecular weight excluding hydrogens is 314 g/mol. The molecule has 0 aliphatic carbocycles. The first-order valence-electron chi connectivity index (χ1n) is 9.42. The van der Waals surface area contributed by atoms with Crippen molar-refractivity contribution in [1.29, 1.82) is 0 Å². The van der Waals surface area contributed by atoms with Gasteiger partial charge in [0.1, 0.15) is 0 Å². The van der Waals surface area contributed by atoms with Crippen molar-refractivity contribution in [1.82, 2.24) is 15.5 Å². The van der Waals surface area contributed by atoms with Gasteiger partial charge in [-0.15, -0.1) is 0 Å². The highest BCUT2D eigenvalue weighted by molar-refractivity contribution is 5.76. The molecule has 2 N–H and O–H groups in total. The molecule has 5 heteroatoms.